The first-order chi connectivity index (χ1) is 21.2. The molecule has 7 nitrogen and oxygen atoms in total. The summed E-state index contributed by atoms with van der Waals surface area (Å²) in [5.41, 5.74) is 3.53. The van der Waals surface area contributed by atoms with Crippen LogP contribution in [0.4, 0.5) is 5.69 Å². The Morgan fingerprint density at radius 1 is 1.09 bits per heavy atom. The Bertz CT molecular complexity index is 1570. The van der Waals surface area contributed by atoms with Gasteiger partial charge in [0.05, 0.1) is 23.6 Å². The van der Waals surface area contributed by atoms with Gasteiger partial charge in [-0.25, -0.2) is 13.1 Å². The van der Waals surface area contributed by atoms with Crippen LogP contribution in [-0.2, 0) is 26.6 Å². The molecular weight excluding hydrogens is 596 g/mol. The first-order valence-corrected chi connectivity index (χ1v) is 18.2. The predicted molar refractivity (Wildman–Crippen MR) is 173 cm³/mol. The van der Waals surface area contributed by atoms with E-state index in [9.17, 15) is 13.2 Å². The number of nitrogens with zero attached hydrogens (tertiary/aromatic N) is 1. The van der Waals surface area contributed by atoms with Crippen LogP contribution in [-0.4, -0.2) is 52.5 Å². The van der Waals surface area contributed by atoms with Crippen molar-refractivity contribution in [2.24, 2.45) is 23.7 Å². The van der Waals surface area contributed by atoms with Gasteiger partial charge in [0.15, 0.2) is 0 Å². The van der Waals surface area contributed by atoms with Crippen molar-refractivity contribution >= 4 is 33.2 Å². The third-order valence-corrected chi connectivity index (χ3v) is 13.3. The number of hydrogen-bond acceptors (Lipinski definition) is 6. The molecule has 0 saturated heterocycles. The highest BCUT2D eigenvalue weighted by molar-refractivity contribution is 7.90. The lowest BCUT2D eigenvalue weighted by molar-refractivity contribution is 0.0131. The van der Waals surface area contributed by atoms with Gasteiger partial charge in [0.1, 0.15) is 5.75 Å². The van der Waals surface area contributed by atoms with Gasteiger partial charge in [0.25, 0.3) is 5.91 Å². The SMILES string of the molecule is CO[C@H]1/C=C\C[C@H](C)[C@@H](C2CC2)S(=O)(=O)NC(=O)c2ccc3c(c2)N(C[C@@H]2CC[C@H]21)C[C@@]1(CCCc2cc(Cl)ccc21)CO3. The number of nitrogens with one attached hydrogen (secondary N) is 1. The molecule has 5 aliphatic rings. The van der Waals surface area contributed by atoms with E-state index in [0.717, 1.165) is 74.5 Å². The van der Waals surface area contributed by atoms with Crippen molar-refractivity contribution in [1.29, 1.82) is 0 Å². The van der Waals surface area contributed by atoms with E-state index in [0.29, 0.717) is 30.4 Å². The first kappa shape index (κ1) is 30.1. The van der Waals surface area contributed by atoms with Gasteiger partial charge in [-0.05, 0) is 116 Å². The average Bonchev–Trinajstić information content (AvgIpc) is 3.82. The third-order valence-electron chi connectivity index (χ3n) is 11.0. The van der Waals surface area contributed by atoms with Gasteiger partial charge in [-0.3, -0.25) is 4.79 Å². The van der Waals surface area contributed by atoms with Crippen molar-refractivity contribution in [2.75, 3.05) is 31.7 Å². The number of hydrogen-bond donors (Lipinski definition) is 1. The summed E-state index contributed by atoms with van der Waals surface area (Å²) in [7, 11) is -2.11. The molecule has 9 heteroatoms. The van der Waals surface area contributed by atoms with Crippen molar-refractivity contribution in [3.63, 3.8) is 0 Å². The Morgan fingerprint density at radius 3 is 2.66 bits per heavy atom. The van der Waals surface area contributed by atoms with Crippen LogP contribution in [0, 0.1) is 23.7 Å². The molecule has 2 saturated carbocycles. The summed E-state index contributed by atoms with van der Waals surface area (Å²) in [6.45, 7) is 4.07. The van der Waals surface area contributed by atoms with Gasteiger partial charge in [-0.15, -0.1) is 0 Å². The zero-order valence-electron chi connectivity index (χ0n) is 25.6. The minimum atomic E-state index is -3.88. The van der Waals surface area contributed by atoms with E-state index in [1.807, 2.05) is 25.1 Å². The number of carbonyl (C=O) groups is 1. The number of benzene rings is 2. The summed E-state index contributed by atoms with van der Waals surface area (Å²) in [6, 6.07) is 11.6. The molecule has 7 rings (SSSR count). The molecule has 2 aromatic rings. The molecule has 2 heterocycles. The van der Waals surface area contributed by atoms with E-state index in [1.54, 1.807) is 13.2 Å². The molecule has 0 unspecified atom stereocenters. The molecule has 236 valence electrons. The second kappa shape index (κ2) is 11.7. The van der Waals surface area contributed by atoms with Crippen molar-refractivity contribution in [1.82, 2.24) is 4.72 Å². The highest BCUT2D eigenvalue weighted by Gasteiger charge is 2.46. The molecule has 0 radical (unpaired) electrons. The topological polar surface area (TPSA) is 84.9 Å². The largest absolute Gasteiger partial charge is 0.490 e. The molecular formula is C35H43ClN2O5S. The van der Waals surface area contributed by atoms with E-state index < -0.39 is 21.2 Å². The monoisotopic (exact) mass is 638 g/mol. The fourth-order valence-corrected chi connectivity index (χ4v) is 10.7. The van der Waals surface area contributed by atoms with Crippen LogP contribution in [0.5, 0.6) is 5.75 Å². The van der Waals surface area contributed by atoms with E-state index in [1.165, 1.54) is 11.1 Å². The Balaban J connectivity index is 1.30. The summed E-state index contributed by atoms with van der Waals surface area (Å²) in [5.74, 6) is 0.903. The number of carbonyl (C=O) groups excluding carboxylic acids is 1. The van der Waals surface area contributed by atoms with E-state index in [-0.39, 0.29) is 23.4 Å². The molecule has 2 fully saturated rings. The summed E-state index contributed by atoms with van der Waals surface area (Å²) in [6.07, 6.45) is 11.9. The number of fused-ring (bicyclic) bond motifs is 4. The van der Waals surface area contributed by atoms with E-state index in [4.69, 9.17) is 21.1 Å². The molecule has 1 amide bonds. The number of aryl methyl sites for hydroxylation is 1. The average molecular weight is 639 g/mol. The fourth-order valence-electron chi connectivity index (χ4n) is 8.45. The lowest BCUT2D eigenvalue weighted by Crippen LogP contribution is -2.49. The quantitative estimate of drug-likeness (QED) is 0.390. The van der Waals surface area contributed by atoms with Crippen molar-refractivity contribution in [3.05, 3.63) is 70.3 Å². The van der Waals surface area contributed by atoms with Crippen molar-refractivity contribution in [3.8, 4) is 5.75 Å². The van der Waals surface area contributed by atoms with Crippen LogP contribution in [0.2, 0.25) is 5.02 Å². The highest BCUT2D eigenvalue weighted by Crippen LogP contribution is 2.47. The molecule has 1 spiro atoms. The summed E-state index contributed by atoms with van der Waals surface area (Å²) < 4.78 is 42.5. The maximum atomic E-state index is 13.7. The number of sulfonamides is 1. The molecule has 0 aromatic heterocycles. The molecule has 6 atom stereocenters. The maximum absolute atomic E-state index is 13.7. The van der Waals surface area contributed by atoms with Gasteiger partial charge < -0.3 is 14.4 Å². The van der Waals surface area contributed by atoms with Gasteiger partial charge in [-0.2, -0.15) is 0 Å². The van der Waals surface area contributed by atoms with Gasteiger partial charge in [0, 0.05) is 36.2 Å². The molecule has 1 N–H and O–H groups in total. The number of rotatable bonds is 2. The molecule has 2 aromatic carbocycles. The minimum absolute atomic E-state index is 0.0231. The Kier molecular flexibility index (Phi) is 7.99. The Morgan fingerprint density at radius 2 is 1.91 bits per heavy atom. The number of methoxy groups -OCH3 is 1. The standard InChI is InChI=1S/C35H43ClN2O5S/c1-22-5-3-7-31(42-2)28-13-10-26(28)19-38-20-35(16-4-6-24-17-27(36)12-14-29(24)35)21-43-32-15-11-25(18-30(32)38)34(39)37-44(40,41)33(22)23-8-9-23/h3,7,11-12,14-15,17-18,22-23,26,28,31,33H,4-6,8-10,13,16,19-21H2,1-2H3,(H,37,39)/b7-3-/t22-,26-,28+,31-,33-,35-/m0/s1. The number of halogens is 1. The highest BCUT2D eigenvalue weighted by atomic mass is 35.5. The number of amides is 1. The van der Waals surface area contributed by atoms with Gasteiger partial charge in [0.2, 0.25) is 10.0 Å². The van der Waals surface area contributed by atoms with Gasteiger partial charge in [-0.1, -0.05) is 36.7 Å². The lowest BCUT2D eigenvalue weighted by Gasteiger charge is -2.46. The first-order valence-electron chi connectivity index (χ1n) is 16.2. The Hall–Kier alpha value is -2.55. The van der Waals surface area contributed by atoms with Gasteiger partial charge >= 0.3 is 0 Å². The van der Waals surface area contributed by atoms with Crippen molar-refractivity contribution in [2.45, 2.75) is 75.1 Å². The number of allylic oxidation sites excluding steroid dienone is 1. The van der Waals surface area contributed by atoms with E-state index in [2.05, 4.69) is 33.9 Å². The van der Waals surface area contributed by atoms with Crippen LogP contribution in [0.25, 0.3) is 0 Å². The van der Waals surface area contributed by atoms with Crippen molar-refractivity contribution < 1.29 is 22.7 Å². The van der Waals surface area contributed by atoms with Crippen LogP contribution >= 0.6 is 11.6 Å². The van der Waals surface area contributed by atoms with Crippen LogP contribution in [0.1, 0.15) is 73.4 Å². The van der Waals surface area contributed by atoms with Crippen LogP contribution < -0.4 is 14.4 Å². The second-order valence-corrected chi connectivity index (χ2v) is 16.2. The predicted octanol–water partition coefficient (Wildman–Crippen LogP) is 6.29. The smallest absolute Gasteiger partial charge is 0.264 e. The lowest BCUT2D eigenvalue weighted by atomic mass is 9.68. The summed E-state index contributed by atoms with van der Waals surface area (Å²) in [5, 5.41) is 0.144. The molecule has 44 heavy (non-hydrogen) atoms. The van der Waals surface area contributed by atoms with Crippen LogP contribution in [0.15, 0.2) is 48.6 Å². The summed E-state index contributed by atoms with van der Waals surface area (Å²) >= 11 is 6.42. The molecule has 3 aliphatic carbocycles. The maximum Gasteiger partial charge on any atom is 0.264 e. The van der Waals surface area contributed by atoms with Crippen LogP contribution in [0.3, 0.4) is 0 Å². The number of anilines is 1. The zero-order chi connectivity index (χ0) is 30.6. The third kappa shape index (κ3) is 5.56. The minimum Gasteiger partial charge on any atom is -0.490 e. The second-order valence-electron chi connectivity index (χ2n) is 13.9. The molecule has 2 bridgehead atoms. The number of ether oxygens (including phenoxy) is 2. The molecule has 2 aliphatic heterocycles. The zero-order valence-corrected chi connectivity index (χ0v) is 27.2. The van der Waals surface area contributed by atoms with E-state index >= 15 is 0 Å². The fraction of sp³-hybridized carbons (Fsp3) is 0.571. The summed E-state index contributed by atoms with van der Waals surface area (Å²) in [4.78, 5) is 16.0. The Labute approximate surface area is 266 Å². The normalized spacial score (nSPS) is 34.0.